The van der Waals surface area contributed by atoms with Gasteiger partial charge in [-0.15, -0.1) is 0 Å². The van der Waals surface area contributed by atoms with E-state index in [9.17, 15) is 4.79 Å². The molecule has 0 N–H and O–H groups in total. The Labute approximate surface area is 146 Å². The average Bonchev–Trinajstić information content (AvgIpc) is 3.09. The van der Waals surface area contributed by atoms with Crippen LogP contribution in [0.3, 0.4) is 0 Å². The summed E-state index contributed by atoms with van der Waals surface area (Å²) in [4.78, 5) is 13.5. The maximum Gasteiger partial charge on any atom is 0.210 e. The zero-order valence-corrected chi connectivity index (χ0v) is 14.3. The number of hydrogen-bond acceptors (Lipinski definition) is 4. The van der Waals surface area contributed by atoms with Gasteiger partial charge in [-0.05, 0) is 17.7 Å². The zero-order valence-electron chi connectivity index (χ0n) is 14.3. The number of para-hydroxylation sites is 1. The highest BCUT2D eigenvalue weighted by Gasteiger charge is 2.27. The van der Waals surface area contributed by atoms with Crippen molar-refractivity contribution < 1.29 is 18.7 Å². The molecule has 25 heavy (non-hydrogen) atoms. The summed E-state index contributed by atoms with van der Waals surface area (Å²) in [5.41, 5.74) is 1.75. The minimum atomic E-state index is -0.513. The van der Waals surface area contributed by atoms with Gasteiger partial charge in [0.25, 0.3) is 0 Å². The van der Waals surface area contributed by atoms with E-state index >= 15 is 0 Å². The first kappa shape index (κ1) is 17.2. The van der Waals surface area contributed by atoms with Gasteiger partial charge in [0.05, 0.1) is 6.54 Å². The number of fused-ring (bicyclic) bond motifs is 1. The van der Waals surface area contributed by atoms with Gasteiger partial charge >= 0.3 is 0 Å². The molecule has 0 bridgehead atoms. The van der Waals surface area contributed by atoms with Gasteiger partial charge in [-0.25, -0.2) is 0 Å². The average molecular weight is 339 g/mol. The Morgan fingerprint density at radius 1 is 1.04 bits per heavy atom. The van der Waals surface area contributed by atoms with Crippen LogP contribution in [0.4, 0.5) is 0 Å². The summed E-state index contributed by atoms with van der Waals surface area (Å²) in [6, 6.07) is 19.2. The summed E-state index contributed by atoms with van der Waals surface area (Å²) in [6.07, 6.45) is 0.288. The Morgan fingerprint density at radius 3 is 2.36 bits per heavy atom. The molecule has 0 spiro atoms. The van der Waals surface area contributed by atoms with Crippen LogP contribution in [0, 0.1) is 0 Å². The Morgan fingerprint density at radius 2 is 1.72 bits per heavy atom. The number of amides is 1. The van der Waals surface area contributed by atoms with Gasteiger partial charge in [-0.3, -0.25) is 4.79 Å². The number of ether oxygens (including phenoxy) is 2. The van der Waals surface area contributed by atoms with E-state index in [-0.39, 0.29) is 12.6 Å². The zero-order chi connectivity index (χ0) is 17.6. The first-order valence-electron chi connectivity index (χ1n) is 8.07. The third-order valence-corrected chi connectivity index (χ3v) is 4.18. The van der Waals surface area contributed by atoms with Crippen molar-refractivity contribution in [2.24, 2.45) is 0 Å². The molecule has 1 aromatic heterocycles. The molecule has 0 fully saturated rings. The maximum atomic E-state index is 11.8. The minimum absolute atomic E-state index is 0.285. The van der Waals surface area contributed by atoms with E-state index in [1.54, 1.807) is 19.1 Å². The van der Waals surface area contributed by atoms with Crippen LogP contribution in [0.15, 0.2) is 65.1 Å². The minimum Gasteiger partial charge on any atom is -0.458 e. The summed E-state index contributed by atoms with van der Waals surface area (Å²) in [5.74, 6) is 0.699. The monoisotopic (exact) mass is 339 g/mol. The van der Waals surface area contributed by atoms with Crippen molar-refractivity contribution in [3.8, 4) is 0 Å². The highest BCUT2D eigenvalue weighted by molar-refractivity contribution is 5.78. The van der Waals surface area contributed by atoms with E-state index < -0.39 is 6.29 Å². The fraction of sp³-hybridized carbons (Fsp3) is 0.250. The van der Waals surface area contributed by atoms with Crippen LogP contribution in [0.1, 0.15) is 17.4 Å². The predicted octanol–water partition coefficient (Wildman–Crippen LogP) is 3.60. The number of rotatable bonds is 8. The largest absolute Gasteiger partial charge is 0.458 e. The lowest BCUT2D eigenvalue weighted by atomic mass is 10.0. The van der Waals surface area contributed by atoms with Crippen molar-refractivity contribution >= 4 is 17.4 Å². The van der Waals surface area contributed by atoms with E-state index in [2.05, 4.69) is 0 Å². The highest BCUT2D eigenvalue weighted by Crippen LogP contribution is 2.32. The fourth-order valence-corrected chi connectivity index (χ4v) is 2.92. The van der Waals surface area contributed by atoms with Crippen LogP contribution in [0.2, 0.25) is 0 Å². The lowest BCUT2D eigenvalue weighted by Crippen LogP contribution is -2.36. The third kappa shape index (κ3) is 3.73. The van der Waals surface area contributed by atoms with E-state index in [1.807, 2.05) is 60.7 Å². The Hall–Kier alpha value is -2.63. The second-order valence-corrected chi connectivity index (χ2v) is 5.70. The highest BCUT2D eigenvalue weighted by atomic mass is 16.7. The van der Waals surface area contributed by atoms with Gasteiger partial charge in [-0.1, -0.05) is 48.5 Å². The molecule has 0 saturated heterocycles. The van der Waals surface area contributed by atoms with Gasteiger partial charge in [0.15, 0.2) is 6.29 Å². The van der Waals surface area contributed by atoms with Crippen LogP contribution < -0.4 is 0 Å². The van der Waals surface area contributed by atoms with Gasteiger partial charge in [-0.2, -0.15) is 0 Å². The topological polar surface area (TPSA) is 51.9 Å². The molecule has 5 heteroatoms. The first-order chi connectivity index (χ1) is 12.3. The molecule has 2 aromatic carbocycles. The van der Waals surface area contributed by atoms with E-state index in [0.717, 1.165) is 22.9 Å². The Balaban J connectivity index is 2.04. The molecule has 0 saturated carbocycles. The number of carbonyl (C=O) groups excluding carboxylic acids is 1. The number of furan rings is 1. The maximum absolute atomic E-state index is 11.8. The molecule has 3 aromatic rings. The standard InChI is InChI=1S/C20H21NO4/c1-23-19(24-2)13-21(14-22)20(15-8-4-3-5-9-15)18-12-16-10-6-7-11-17(16)25-18/h3-12,14,19-20H,13H2,1-2H3/t20-/m0/s1. The summed E-state index contributed by atoms with van der Waals surface area (Å²) in [7, 11) is 3.10. The molecule has 1 heterocycles. The predicted molar refractivity (Wildman–Crippen MR) is 95.1 cm³/mol. The summed E-state index contributed by atoms with van der Waals surface area (Å²) in [5, 5.41) is 0.999. The number of methoxy groups -OCH3 is 2. The number of benzene rings is 2. The van der Waals surface area contributed by atoms with Crippen LogP contribution >= 0.6 is 0 Å². The van der Waals surface area contributed by atoms with Gasteiger partial charge in [0, 0.05) is 19.6 Å². The summed E-state index contributed by atoms with van der Waals surface area (Å²) in [6.45, 7) is 0.285. The fourth-order valence-electron chi connectivity index (χ4n) is 2.92. The van der Waals surface area contributed by atoms with Crippen molar-refractivity contribution in [1.29, 1.82) is 0 Å². The second kappa shape index (κ2) is 7.96. The molecule has 5 nitrogen and oxygen atoms in total. The molecule has 1 atom stereocenters. The lowest BCUT2D eigenvalue weighted by molar-refractivity contribution is -0.138. The summed E-state index contributed by atoms with van der Waals surface area (Å²) < 4.78 is 16.6. The van der Waals surface area contributed by atoms with Crippen LogP contribution in [0.25, 0.3) is 11.0 Å². The number of carbonyl (C=O) groups is 1. The Kier molecular flexibility index (Phi) is 5.48. The molecular weight excluding hydrogens is 318 g/mol. The number of nitrogens with zero attached hydrogens (tertiary/aromatic N) is 1. The lowest BCUT2D eigenvalue weighted by Gasteiger charge is -2.29. The molecule has 0 aliphatic carbocycles. The number of hydrogen-bond donors (Lipinski definition) is 0. The van der Waals surface area contributed by atoms with Gasteiger partial charge < -0.3 is 18.8 Å². The van der Waals surface area contributed by atoms with E-state index in [1.165, 1.54) is 0 Å². The quantitative estimate of drug-likeness (QED) is 0.465. The third-order valence-electron chi connectivity index (χ3n) is 4.18. The molecular formula is C20H21NO4. The van der Waals surface area contributed by atoms with Crippen molar-refractivity contribution in [2.45, 2.75) is 12.3 Å². The van der Waals surface area contributed by atoms with E-state index in [0.29, 0.717) is 5.76 Å². The SMILES string of the molecule is COC(CN(C=O)[C@@H](c1ccccc1)c1cc2ccccc2o1)OC. The van der Waals surface area contributed by atoms with Crippen molar-refractivity contribution in [2.75, 3.05) is 20.8 Å². The van der Waals surface area contributed by atoms with Crippen molar-refractivity contribution in [3.63, 3.8) is 0 Å². The molecule has 0 aliphatic rings. The second-order valence-electron chi connectivity index (χ2n) is 5.70. The van der Waals surface area contributed by atoms with Crippen LogP contribution in [0.5, 0.6) is 0 Å². The van der Waals surface area contributed by atoms with Crippen LogP contribution in [-0.2, 0) is 14.3 Å². The first-order valence-corrected chi connectivity index (χ1v) is 8.07. The van der Waals surface area contributed by atoms with Gasteiger partial charge in [0.2, 0.25) is 6.41 Å². The molecule has 0 radical (unpaired) electrons. The van der Waals surface area contributed by atoms with Gasteiger partial charge in [0.1, 0.15) is 17.4 Å². The molecule has 1 amide bonds. The summed E-state index contributed by atoms with van der Waals surface area (Å²) >= 11 is 0. The molecule has 0 unspecified atom stereocenters. The van der Waals surface area contributed by atoms with Crippen molar-refractivity contribution in [3.05, 3.63) is 72.0 Å². The molecule has 0 aliphatic heterocycles. The molecule has 3 rings (SSSR count). The molecule has 130 valence electrons. The smallest absolute Gasteiger partial charge is 0.210 e. The Bertz CT molecular complexity index is 778. The van der Waals surface area contributed by atoms with Crippen molar-refractivity contribution in [1.82, 2.24) is 4.90 Å². The van der Waals surface area contributed by atoms with E-state index in [4.69, 9.17) is 13.9 Å². The van der Waals surface area contributed by atoms with Crippen LogP contribution in [-0.4, -0.2) is 38.4 Å². The normalized spacial score (nSPS) is 12.4.